The van der Waals surface area contributed by atoms with E-state index in [0.29, 0.717) is 5.57 Å². The first-order chi connectivity index (χ1) is 5.51. The van der Waals surface area contributed by atoms with Gasteiger partial charge in [0.1, 0.15) is 0 Å². The Balaban J connectivity index is 4.68. The second-order valence-electron chi connectivity index (χ2n) is 2.34. The van der Waals surface area contributed by atoms with E-state index in [-0.39, 0.29) is 0 Å². The van der Waals surface area contributed by atoms with Crippen molar-refractivity contribution in [3.8, 4) is 0 Å². The van der Waals surface area contributed by atoms with Crippen molar-refractivity contribution in [2.45, 2.75) is 12.8 Å². The molecule has 0 amide bonds. The van der Waals surface area contributed by atoms with E-state index in [1.165, 1.54) is 21.3 Å². The fourth-order valence-corrected chi connectivity index (χ4v) is 2.20. The molecule has 0 aliphatic rings. The molecule has 0 fully saturated rings. The molecule has 0 bridgehead atoms. The van der Waals surface area contributed by atoms with E-state index in [1.807, 2.05) is 0 Å². The van der Waals surface area contributed by atoms with Crippen LogP contribution in [0.15, 0.2) is 12.2 Å². The molecule has 0 aromatic carbocycles. The highest BCUT2D eigenvalue weighted by molar-refractivity contribution is 7.54. The normalized spacial score (nSPS) is 14.3. The molecule has 0 N–H and O–H groups in total. The first-order valence-corrected chi connectivity index (χ1v) is 5.02. The molecule has 0 saturated carbocycles. The number of hydrogen-bond acceptors (Lipinski definition) is 4. The van der Waals surface area contributed by atoms with Gasteiger partial charge in [0.2, 0.25) is 0 Å². The SMILES string of the molecule is C=C(C)C(OC)P(=O)(OC)OC. The lowest BCUT2D eigenvalue weighted by atomic mass is 10.4. The first kappa shape index (κ1) is 11.8. The van der Waals surface area contributed by atoms with Crippen molar-refractivity contribution in [2.75, 3.05) is 21.3 Å². The van der Waals surface area contributed by atoms with Gasteiger partial charge in [0.25, 0.3) is 0 Å². The summed E-state index contributed by atoms with van der Waals surface area (Å²) in [6.07, 6.45) is 0. The van der Waals surface area contributed by atoms with Crippen molar-refractivity contribution in [1.82, 2.24) is 0 Å². The van der Waals surface area contributed by atoms with Gasteiger partial charge in [-0.1, -0.05) is 6.58 Å². The van der Waals surface area contributed by atoms with Gasteiger partial charge in [-0.2, -0.15) is 0 Å². The zero-order chi connectivity index (χ0) is 9.78. The van der Waals surface area contributed by atoms with Crippen LogP contribution in [0.2, 0.25) is 0 Å². The summed E-state index contributed by atoms with van der Waals surface area (Å²) >= 11 is 0. The highest BCUT2D eigenvalue weighted by atomic mass is 31.2. The maximum Gasteiger partial charge on any atom is 0.362 e. The average Bonchev–Trinajstić information content (AvgIpc) is 2.04. The lowest BCUT2D eigenvalue weighted by Crippen LogP contribution is -2.14. The molecule has 0 heterocycles. The fourth-order valence-electron chi connectivity index (χ4n) is 0.866. The molecule has 0 radical (unpaired) electrons. The van der Waals surface area contributed by atoms with E-state index < -0.39 is 13.4 Å². The molecule has 5 heteroatoms. The largest absolute Gasteiger partial charge is 0.364 e. The van der Waals surface area contributed by atoms with Gasteiger partial charge in [0.15, 0.2) is 5.85 Å². The molecule has 0 spiro atoms. The Bertz CT molecular complexity index is 194. The summed E-state index contributed by atoms with van der Waals surface area (Å²) < 4.78 is 26.1. The number of hydrogen-bond donors (Lipinski definition) is 0. The monoisotopic (exact) mass is 194 g/mol. The number of ether oxygens (including phenoxy) is 1. The van der Waals surface area contributed by atoms with E-state index in [4.69, 9.17) is 13.8 Å². The van der Waals surface area contributed by atoms with Crippen LogP contribution in [0.5, 0.6) is 0 Å². The number of rotatable bonds is 5. The fraction of sp³-hybridized carbons (Fsp3) is 0.714. The molecule has 0 aliphatic carbocycles. The summed E-state index contributed by atoms with van der Waals surface area (Å²) in [5.41, 5.74) is 0.615. The molecule has 1 unspecified atom stereocenters. The van der Waals surface area contributed by atoms with Gasteiger partial charge in [0, 0.05) is 21.3 Å². The third kappa shape index (κ3) is 2.42. The standard InChI is InChI=1S/C7H15O4P/c1-6(2)7(9-3)12(8,10-4)11-5/h7H,1H2,2-5H3. The molecule has 0 saturated heterocycles. The van der Waals surface area contributed by atoms with Crippen molar-refractivity contribution in [3.05, 3.63) is 12.2 Å². The van der Waals surface area contributed by atoms with Crippen LogP contribution in [0, 0.1) is 0 Å². The van der Waals surface area contributed by atoms with Gasteiger partial charge < -0.3 is 13.8 Å². The van der Waals surface area contributed by atoms with Gasteiger partial charge in [-0.25, -0.2) is 0 Å². The van der Waals surface area contributed by atoms with Crippen LogP contribution in [0.4, 0.5) is 0 Å². The highest BCUT2D eigenvalue weighted by Crippen LogP contribution is 2.53. The molecule has 0 aliphatic heterocycles. The molecular weight excluding hydrogens is 179 g/mol. The van der Waals surface area contributed by atoms with E-state index in [9.17, 15) is 4.57 Å². The van der Waals surface area contributed by atoms with E-state index in [2.05, 4.69) is 6.58 Å². The third-order valence-corrected chi connectivity index (χ3v) is 3.68. The average molecular weight is 194 g/mol. The zero-order valence-corrected chi connectivity index (χ0v) is 8.76. The maximum absolute atomic E-state index is 11.7. The Hall–Kier alpha value is -0.150. The second kappa shape index (κ2) is 4.77. The maximum atomic E-state index is 11.7. The quantitative estimate of drug-likeness (QED) is 0.496. The Morgan fingerprint density at radius 1 is 1.33 bits per heavy atom. The van der Waals surface area contributed by atoms with Crippen LogP contribution >= 0.6 is 7.60 Å². The molecule has 0 aromatic rings. The Labute approximate surface area is 73.0 Å². The van der Waals surface area contributed by atoms with Crippen LogP contribution in [0.3, 0.4) is 0 Å². The van der Waals surface area contributed by atoms with Gasteiger partial charge in [-0.3, -0.25) is 4.57 Å². The van der Waals surface area contributed by atoms with Gasteiger partial charge in [-0.15, -0.1) is 0 Å². The molecule has 72 valence electrons. The van der Waals surface area contributed by atoms with Crippen molar-refractivity contribution in [3.63, 3.8) is 0 Å². The van der Waals surface area contributed by atoms with E-state index in [0.717, 1.165) is 0 Å². The van der Waals surface area contributed by atoms with Crippen molar-refractivity contribution in [2.24, 2.45) is 0 Å². The van der Waals surface area contributed by atoms with Crippen LogP contribution < -0.4 is 0 Å². The van der Waals surface area contributed by atoms with Crippen molar-refractivity contribution in [1.29, 1.82) is 0 Å². The molecular formula is C7H15O4P. The van der Waals surface area contributed by atoms with Crippen molar-refractivity contribution >= 4 is 7.60 Å². The molecule has 4 nitrogen and oxygen atoms in total. The Morgan fingerprint density at radius 2 is 1.75 bits per heavy atom. The predicted molar refractivity (Wildman–Crippen MR) is 47.2 cm³/mol. The summed E-state index contributed by atoms with van der Waals surface area (Å²) in [6, 6.07) is 0. The summed E-state index contributed by atoms with van der Waals surface area (Å²) in [6.45, 7) is 5.34. The molecule has 1 atom stereocenters. The van der Waals surface area contributed by atoms with Gasteiger partial charge >= 0.3 is 7.60 Å². The highest BCUT2D eigenvalue weighted by Gasteiger charge is 2.34. The summed E-state index contributed by atoms with van der Waals surface area (Å²) in [4.78, 5) is 0. The van der Waals surface area contributed by atoms with Gasteiger partial charge in [-0.05, 0) is 12.5 Å². The van der Waals surface area contributed by atoms with Crippen LogP contribution in [-0.4, -0.2) is 27.2 Å². The Kier molecular flexibility index (Phi) is 4.71. The first-order valence-electron chi connectivity index (χ1n) is 3.41. The minimum atomic E-state index is -3.17. The molecule has 12 heavy (non-hydrogen) atoms. The van der Waals surface area contributed by atoms with Crippen molar-refractivity contribution < 1.29 is 18.3 Å². The topological polar surface area (TPSA) is 44.8 Å². The minimum absolute atomic E-state index is 0.615. The van der Waals surface area contributed by atoms with E-state index in [1.54, 1.807) is 6.92 Å². The third-order valence-electron chi connectivity index (χ3n) is 1.44. The lowest BCUT2D eigenvalue weighted by molar-refractivity contribution is 0.144. The van der Waals surface area contributed by atoms with Crippen LogP contribution in [-0.2, 0) is 18.3 Å². The molecule has 0 rings (SSSR count). The lowest BCUT2D eigenvalue weighted by Gasteiger charge is -2.22. The molecule has 0 aromatic heterocycles. The van der Waals surface area contributed by atoms with Crippen LogP contribution in [0.1, 0.15) is 6.92 Å². The second-order valence-corrected chi connectivity index (χ2v) is 4.62. The van der Waals surface area contributed by atoms with Gasteiger partial charge in [0.05, 0.1) is 0 Å². The van der Waals surface area contributed by atoms with Crippen LogP contribution in [0.25, 0.3) is 0 Å². The Morgan fingerprint density at radius 3 is 1.83 bits per heavy atom. The summed E-state index contributed by atoms with van der Waals surface area (Å²) in [5.74, 6) is -0.688. The predicted octanol–water partition coefficient (Wildman–Crippen LogP) is 2.02. The van der Waals surface area contributed by atoms with E-state index >= 15 is 0 Å². The number of methoxy groups -OCH3 is 1. The summed E-state index contributed by atoms with van der Waals surface area (Å²) in [7, 11) is 0.903. The smallest absolute Gasteiger partial charge is 0.362 e. The zero-order valence-electron chi connectivity index (χ0n) is 7.86. The summed E-state index contributed by atoms with van der Waals surface area (Å²) in [5, 5.41) is 0. The minimum Gasteiger partial charge on any atom is -0.364 e.